The summed E-state index contributed by atoms with van der Waals surface area (Å²) in [5.41, 5.74) is 2.74. The zero-order valence-electron chi connectivity index (χ0n) is 19.0. The lowest BCUT2D eigenvalue weighted by molar-refractivity contribution is -0.141. The van der Waals surface area contributed by atoms with Crippen molar-refractivity contribution >= 4 is 18.0 Å². The van der Waals surface area contributed by atoms with E-state index in [1.165, 1.54) is 14.9 Å². The van der Waals surface area contributed by atoms with Gasteiger partial charge < -0.3 is 10.0 Å². The van der Waals surface area contributed by atoms with Crippen LogP contribution in [0, 0.1) is 0 Å². The number of benzene rings is 1. The molecule has 2 bridgehead atoms. The maximum atomic E-state index is 12.8. The van der Waals surface area contributed by atoms with Crippen LogP contribution in [0.1, 0.15) is 46.1 Å². The van der Waals surface area contributed by atoms with Crippen molar-refractivity contribution in [3.05, 3.63) is 35.9 Å². The van der Waals surface area contributed by atoms with Crippen LogP contribution in [-0.4, -0.2) is 74.8 Å². The molecule has 10 nitrogen and oxygen atoms in total. The summed E-state index contributed by atoms with van der Waals surface area (Å²) in [4.78, 5) is 50.9. The number of piperidine rings is 1. The second kappa shape index (κ2) is 9.74. The number of carbonyl (C=O) groups is 3. The van der Waals surface area contributed by atoms with Gasteiger partial charge in [-0.05, 0) is 46.1 Å². The number of hydroxylamine groups is 3. The molecule has 3 atom stereocenters. The molecule has 176 valence electrons. The molecule has 2 heterocycles. The number of amides is 4. The van der Waals surface area contributed by atoms with Gasteiger partial charge >= 0.3 is 12.1 Å². The average Bonchev–Trinajstić information content (AvgIpc) is 2.95. The lowest BCUT2D eigenvalue weighted by atomic mass is 10.0. The molecule has 0 radical (unpaired) electrons. The van der Waals surface area contributed by atoms with Crippen molar-refractivity contribution in [2.75, 3.05) is 13.2 Å². The number of hydrogen-bond acceptors (Lipinski definition) is 5. The lowest BCUT2D eigenvalue weighted by Crippen LogP contribution is -2.53. The van der Waals surface area contributed by atoms with E-state index >= 15 is 0 Å². The fraction of sp³-hybridized carbons (Fsp3) is 0.591. The molecule has 3 rings (SSSR count). The Morgan fingerprint density at radius 3 is 2.56 bits per heavy atom. The number of nitrogens with one attached hydrogen (secondary N) is 1. The zero-order chi connectivity index (χ0) is 23.5. The molecule has 10 heteroatoms. The molecule has 1 aromatic rings. The highest BCUT2D eigenvalue weighted by molar-refractivity contribution is 5.88. The highest BCUT2D eigenvalue weighted by atomic mass is 16.7. The predicted molar refractivity (Wildman–Crippen MR) is 115 cm³/mol. The van der Waals surface area contributed by atoms with Gasteiger partial charge in [0, 0.05) is 12.1 Å². The molecule has 2 N–H and O–H groups in total. The van der Waals surface area contributed by atoms with E-state index in [9.17, 15) is 19.5 Å². The largest absolute Gasteiger partial charge is 0.465 e. The molecule has 0 aliphatic carbocycles. The molecule has 0 unspecified atom stereocenters. The number of carbonyl (C=O) groups excluding carboxylic acids is 2. The Kier molecular flexibility index (Phi) is 7.25. The minimum atomic E-state index is -1.06. The van der Waals surface area contributed by atoms with Gasteiger partial charge in [-0.1, -0.05) is 30.3 Å². The van der Waals surface area contributed by atoms with E-state index in [-0.39, 0.29) is 25.3 Å². The minimum Gasteiger partial charge on any atom is -0.465 e. The van der Waals surface area contributed by atoms with Crippen LogP contribution in [0.3, 0.4) is 0 Å². The fourth-order valence-electron chi connectivity index (χ4n) is 4.30. The number of hydrogen-bond donors (Lipinski definition) is 2. The lowest BCUT2D eigenvalue weighted by Gasteiger charge is -2.37. The molecule has 0 saturated carbocycles. The number of urea groups is 1. The average molecular weight is 449 g/mol. The Morgan fingerprint density at radius 1 is 1.25 bits per heavy atom. The number of fused-ring (bicyclic) bond motifs is 2. The highest BCUT2D eigenvalue weighted by Gasteiger charge is 2.48. The normalized spacial score (nSPS) is 21.4. The van der Waals surface area contributed by atoms with Crippen LogP contribution in [0.25, 0.3) is 0 Å². The van der Waals surface area contributed by atoms with Crippen LogP contribution in [0.4, 0.5) is 9.59 Å². The molecular formula is C22H32N4O6. The van der Waals surface area contributed by atoms with Crippen LogP contribution in [0.15, 0.2) is 30.3 Å². The molecule has 2 aliphatic rings. The quantitative estimate of drug-likeness (QED) is 0.592. The Hall–Kier alpha value is -2.85. The standard InChI is InChI=1S/C22H32N4O6/c1-15(25(21(29)30)22(2,3)4)13-31-23-19(27)18-11-10-17-12-24(18)20(28)26(17)32-14-16-8-6-5-7-9-16/h5-9,15,17-18H,10-14H2,1-4H3,(H,23,27)(H,29,30)/t15-,17-,18+/m1/s1. The van der Waals surface area contributed by atoms with Gasteiger partial charge in [-0.2, -0.15) is 5.06 Å². The van der Waals surface area contributed by atoms with E-state index in [0.29, 0.717) is 19.4 Å². The van der Waals surface area contributed by atoms with Crippen molar-refractivity contribution in [3.8, 4) is 0 Å². The summed E-state index contributed by atoms with van der Waals surface area (Å²) in [7, 11) is 0. The Labute approximate surface area is 188 Å². The van der Waals surface area contributed by atoms with E-state index in [1.54, 1.807) is 27.7 Å². The van der Waals surface area contributed by atoms with Crippen molar-refractivity contribution < 1.29 is 29.2 Å². The number of nitrogens with zero attached hydrogens (tertiary/aromatic N) is 3. The van der Waals surface area contributed by atoms with Crippen LogP contribution in [-0.2, 0) is 21.1 Å². The van der Waals surface area contributed by atoms with Crippen molar-refractivity contribution in [1.29, 1.82) is 0 Å². The second-order valence-corrected chi connectivity index (χ2v) is 9.22. The Balaban J connectivity index is 1.51. The monoisotopic (exact) mass is 448 g/mol. The third kappa shape index (κ3) is 5.31. The van der Waals surface area contributed by atoms with Gasteiger partial charge in [-0.15, -0.1) is 0 Å². The summed E-state index contributed by atoms with van der Waals surface area (Å²) in [6.45, 7) is 7.77. The number of rotatable bonds is 8. The van der Waals surface area contributed by atoms with E-state index in [1.807, 2.05) is 30.3 Å². The number of carboxylic acid groups (broad SMARTS) is 1. The zero-order valence-corrected chi connectivity index (χ0v) is 19.0. The smallest absolute Gasteiger partial charge is 0.408 e. The molecule has 0 aromatic heterocycles. The van der Waals surface area contributed by atoms with Crippen molar-refractivity contribution in [2.45, 2.75) is 70.8 Å². The van der Waals surface area contributed by atoms with E-state index in [2.05, 4.69) is 5.48 Å². The Bertz CT molecular complexity index is 827. The third-order valence-corrected chi connectivity index (χ3v) is 5.71. The summed E-state index contributed by atoms with van der Waals surface area (Å²) in [6, 6.07) is 8.03. The maximum Gasteiger partial charge on any atom is 0.408 e. The first kappa shape index (κ1) is 23.8. The van der Waals surface area contributed by atoms with Gasteiger partial charge in [0.05, 0.1) is 18.7 Å². The molecule has 4 amide bonds. The van der Waals surface area contributed by atoms with E-state index in [0.717, 1.165) is 5.56 Å². The van der Waals surface area contributed by atoms with Gasteiger partial charge in [-0.3, -0.25) is 19.4 Å². The Morgan fingerprint density at radius 2 is 1.94 bits per heavy atom. The highest BCUT2D eigenvalue weighted by Crippen LogP contribution is 2.30. The predicted octanol–water partition coefficient (Wildman–Crippen LogP) is 2.60. The second-order valence-electron chi connectivity index (χ2n) is 9.22. The van der Waals surface area contributed by atoms with Gasteiger partial charge in [0.15, 0.2) is 0 Å². The summed E-state index contributed by atoms with van der Waals surface area (Å²) in [6.07, 6.45) is 0.0780. The molecule has 32 heavy (non-hydrogen) atoms. The molecule has 1 aromatic carbocycles. The van der Waals surface area contributed by atoms with Gasteiger partial charge in [0.25, 0.3) is 5.91 Å². The first-order valence-electron chi connectivity index (χ1n) is 10.8. The first-order chi connectivity index (χ1) is 15.1. The van der Waals surface area contributed by atoms with E-state index in [4.69, 9.17) is 9.68 Å². The molecule has 2 saturated heterocycles. The van der Waals surface area contributed by atoms with Crippen molar-refractivity contribution in [2.24, 2.45) is 0 Å². The topological polar surface area (TPSA) is 112 Å². The summed E-state index contributed by atoms with van der Waals surface area (Å²) >= 11 is 0. The fourth-order valence-corrected chi connectivity index (χ4v) is 4.30. The van der Waals surface area contributed by atoms with Crippen LogP contribution < -0.4 is 5.48 Å². The third-order valence-electron chi connectivity index (χ3n) is 5.71. The molecule has 2 fully saturated rings. The summed E-state index contributed by atoms with van der Waals surface area (Å²) < 4.78 is 0. The first-order valence-corrected chi connectivity index (χ1v) is 10.8. The van der Waals surface area contributed by atoms with Crippen LogP contribution >= 0.6 is 0 Å². The summed E-state index contributed by atoms with van der Waals surface area (Å²) in [5.74, 6) is -0.424. The summed E-state index contributed by atoms with van der Waals surface area (Å²) in [5, 5.41) is 10.8. The molecule has 2 aliphatic heterocycles. The maximum absolute atomic E-state index is 12.8. The van der Waals surface area contributed by atoms with Gasteiger partial charge in [0.2, 0.25) is 0 Å². The van der Waals surface area contributed by atoms with Gasteiger partial charge in [-0.25, -0.2) is 15.1 Å². The SMILES string of the molecule is C[C@H](CONC(=O)[C@@H]1CC[C@@H]2CN1C(=O)N2OCc1ccccc1)N(C(=O)O)C(C)(C)C. The molecular weight excluding hydrogens is 416 g/mol. The van der Waals surface area contributed by atoms with E-state index < -0.39 is 29.6 Å². The minimum absolute atomic E-state index is 0.00901. The van der Waals surface area contributed by atoms with Crippen molar-refractivity contribution in [3.63, 3.8) is 0 Å². The van der Waals surface area contributed by atoms with Crippen molar-refractivity contribution in [1.82, 2.24) is 20.3 Å². The van der Waals surface area contributed by atoms with Crippen LogP contribution in [0.2, 0.25) is 0 Å². The van der Waals surface area contributed by atoms with Gasteiger partial charge in [0.1, 0.15) is 12.6 Å². The molecule has 0 spiro atoms. The van der Waals surface area contributed by atoms with Crippen LogP contribution in [0.5, 0.6) is 0 Å².